The van der Waals surface area contributed by atoms with Gasteiger partial charge in [-0.05, 0) is 43.1 Å². The molecule has 3 nitrogen and oxygen atoms in total. The fraction of sp³-hybridized carbons (Fsp3) is 0.588. The van der Waals surface area contributed by atoms with Crippen molar-refractivity contribution in [2.45, 2.75) is 38.6 Å². The molecule has 0 aromatic heterocycles. The second kappa shape index (κ2) is 5.86. The Hall–Kier alpha value is -1.51. The average Bonchev–Trinajstić information content (AvgIpc) is 3.08. The number of methoxy groups -OCH3 is 1. The minimum absolute atomic E-state index is 0.188. The van der Waals surface area contributed by atoms with E-state index in [2.05, 4.69) is 5.32 Å². The molecule has 1 aromatic carbocycles. The van der Waals surface area contributed by atoms with E-state index in [1.807, 2.05) is 24.3 Å². The Morgan fingerprint density at radius 3 is 2.85 bits per heavy atom. The topological polar surface area (TPSA) is 38.3 Å². The number of carbonyl (C=O) groups is 1. The van der Waals surface area contributed by atoms with Crippen LogP contribution in [-0.4, -0.2) is 13.0 Å². The Labute approximate surface area is 120 Å². The van der Waals surface area contributed by atoms with Crippen LogP contribution in [0.5, 0.6) is 5.75 Å². The molecule has 0 heterocycles. The summed E-state index contributed by atoms with van der Waals surface area (Å²) in [5.74, 6) is 3.39. The van der Waals surface area contributed by atoms with Gasteiger partial charge in [0.2, 0.25) is 5.91 Å². The molecule has 2 saturated carbocycles. The van der Waals surface area contributed by atoms with E-state index in [-0.39, 0.29) is 5.91 Å². The van der Waals surface area contributed by atoms with Crippen molar-refractivity contribution in [2.24, 2.45) is 17.8 Å². The van der Waals surface area contributed by atoms with E-state index in [0.29, 0.717) is 18.9 Å². The largest absolute Gasteiger partial charge is 0.496 e. The van der Waals surface area contributed by atoms with E-state index in [1.54, 1.807) is 7.11 Å². The number of hydrogen-bond donors (Lipinski definition) is 1. The van der Waals surface area contributed by atoms with Gasteiger partial charge in [0.05, 0.1) is 7.11 Å². The predicted molar refractivity (Wildman–Crippen MR) is 78.4 cm³/mol. The first-order chi connectivity index (χ1) is 9.76. The Morgan fingerprint density at radius 2 is 2.15 bits per heavy atom. The second-order valence-electron chi connectivity index (χ2n) is 6.23. The molecule has 20 heavy (non-hydrogen) atoms. The zero-order valence-corrected chi connectivity index (χ0v) is 12.1. The molecule has 0 spiro atoms. The number of ether oxygens (including phenoxy) is 1. The molecule has 0 unspecified atom stereocenters. The number of amides is 1. The van der Waals surface area contributed by atoms with Gasteiger partial charge in [-0.2, -0.15) is 0 Å². The van der Waals surface area contributed by atoms with Crippen LogP contribution < -0.4 is 10.1 Å². The Bertz CT molecular complexity index is 486. The number of fused-ring (bicyclic) bond motifs is 2. The van der Waals surface area contributed by atoms with Gasteiger partial charge in [0.1, 0.15) is 5.75 Å². The number of rotatable bonds is 5. The molecule has 0 saturated heterocycles. The summed E-state index contributed by atoms with van der Waals surface area (Å²) in [7, 11) is 1.66. The fourth-order valence-corrected chi connectivity index (χ4v) is 3.98. The van der Waals surface area contributed by atoms with Crippen LogP contribution in [0.4, 0.5) is 0 Å². The lowest BCUT2D eigenvalue weighted by molar-refractivity contribution is -0.122. The molecule has 1 aromatic rings. The summed E-state index contributed by atoms with van der Waals surface area (Å²) in [4.78, 5) is 12.1. The minimum atomic E-state index is 0.188. The molecule has 0 aliphatic heterocycles. The highest BCUT2D eigenvalue weighted by molar-refractivity contribution is 5.76. The maximum Gasteiger partial charge on any atom is 0.220 e. The summed E-state index contributed by atoms with van der Waals surface area (Å²) in [5, 5.41) is 3.04. The minimum Gasteiger partial charge on any atom is -0.496 e. The Morgan fingerprint density at radius 1 is 1.30 bits per heavy atom. The van der Waals surface area contributed by atoms with Crippen LogP contribution in [0.2, 0.25) is 0 Å². The van der Waals surface area contributed by atoms with Crippen molar-refractivity contribution in [1.82, 2.24) is 5.32 Å². The van der Waals surface area contributed by atoms with Gasteiger partial charge in [-0.1, -0.05) is 24.6 Å². The van der Waals surface area contributed by atoms with Gasteiger partial charge in [-0.25, -0.2) is 0 Å². The molecule has 0 radical (unpaired) electrons. The molecule has 1 amide bonds. The van der Waals surface area contributed by atoms with Gasteiger partial charge < -0.3 is 10.1 Å². The third-order valence-electron chi connectivity index (χ3n) is 5.00. The monoisotopic (exact) mass is 273 g/mol. The third kappa shape index (κ3) is 2.82. The van der Waals surface area contributed by atoms with E-state index in [1.165, 1.54) is 25.7 Å². The number of carbonyl (C=O) groups excluding carboxylic acids is 1. The molecular formula is C17H23NO2. The number of para-hydroxylation sites is 1. The summed E-state index contributed by atoms with van der Waals surface area (Å²) in [6.07, 6.45) is 6.08. The van der Waals surface area contributed by atoms with Crippen LogP contribution in [0.15, 0.2) is 24.3 Å². The van der Waals surface area contributed by atoms with Crippen molar-refractivity contribution in [1.29, 1.82) is 0 Å². The van der Waals surface area contributed by atoms with Crippen molar-refractivity contribution in [3.63, 3.8) is 0 Å². The van der Waals surface area contributed by atoms with Gasteiger partial charge in [0.25, 0.3) is 0 Å². The van der Waals surface area contributed by atoms with E-state index in [0.717, 1.165) is 23.1 Å². The second-order valence-corrected chi connectivity index (χ2v) is 6.23. The highest BCUT2D eigenvalue weighted by Crippen LogP contribution is 2.49. The summed E-state index contributed by atoms with van der Waals surface area (Å²) >= 11 is 0. The lowest BCUT2D eigenvalue weighted by Gasteiger charge is -2.21. The zero-order valence-electron chi connectivity index (χ0n) is 12.1. The van der Waals surface area contributed by atoms with E-state index in [9.17, 15) is 4.79 Å². The highest BCUT2D eigenvalue weighted by Gasteiger charge is 2.39. The quantitative estimate of drug-likeness (QED) is 0.895. The van der Waals surface area contributed by atoms with Crippen molar-refractivity contribution in [3.8, 4) is 5.75 Å². The van der Waals surface area contributed by atoms with Crippen LogP contribution in [-0.2, 0) is 11.3 Å². The summed E-state index contributed by atoms with van der Waals surface area (Å²) in [6, 6.07) is 7.84. The van der Waals surface area contributed by atoms with Crippen LogP contribution in [0.1, 0.15) is 37.7 Å². The van der Waals surface area contributed by atoms with Crippen LogP contribution in [0.25, 0.3) is 0 Å². The molecule has 2 fully saturated rings. The van der Waals surface area contributed by atoms with Crippen molar-refractivity contribution in [2.75, 3.05) is 7.11 Å². The van der Waals surface area contributed by atoms with Crippen LogP contribution in [0.3, 0.4) is 0 Å². The molecular weight excluding hydrogens is 250 g/mol. The number of hydrogen-bond acceptors (Lipinski definition) is 2. The van der Waals surface area contributed by atoms with Gasteiger partial charge in [0.15, 0.2) is 0 Å². The number of benzene rings is 1. The summed E-state index contributed by atoms with van der Waals surface area (Å²) < 4.78 is 5.30. The highest BCUT2D eigenvalue weighted by atomic mass is 16.5. The van der Waals surface area contributed by atoms with Crippen molar-refractivity contribution >= 4 is 5.91 Å². The standard InChI is InChI=1S/C17H23NO2/c1-20-16-5-3-2-4-14(16)11-18-17(19)10-15-9-12-6-7-13(15)8-12/h2-5,12-13,15H,6-11H2,1H3,(H,18,19)/t12-,13-,15-/m1/s1. The van der Waals surface area contributed by atoms with E-state index < -0.39 is 0 Å². The fourth-order valence-electron chi connectivity index (χ4n) is 3.98. The van der Waals surface area contributed by atoms with Crippen LogP contribution in [0, 0.1) is 17.8 Å². The molecule has 3 atom stereocenters. The molecule has 2 aliphatic rings. The van der Waals surface area contributed by atoms with E-state index in [4.69, 9.17) is 4.74 Å². The van der Waals surface area contributed by atoms with Gasteiger partial charge in [-0.3, -0.25) is 4.79 Å². The SMILES string of the molecule is COc1ccccc1CNC(=O)C[C@H]1C[C@@H]2CC[C@@H]1C2. The van der Waals surface area contributed by atoms with Crippen LogP contribution >= 0.6 is 0 Å². The first-order valence-electron chi connectivity index (χ1n) is 7.65. The maximum atomic E-state index is 12.1. The lowest BCUT2D eigenvalue weighted by atomic mass is 9.86. The Kier molecular flexibility index (Phi) is 3.95. The zero-order chi connectivity index (χ0) is 13.9. The first-order valence-corrected chi connectivity index (χ1v) is 7.65. The third-order valence-corrected chi connectivity index (χ3v) is 5.00. The van der Waals surface area contributed by atoms with Crippen molar-refractivity contribution in [3.05, 3.63) is 29.8 Å². The van der Waals surface area contributed by atoms with Gasteiger partial charge in [0, 0.05) is 18.5 Å². The van der Waals surface area contributed by atoms with E-state index >= 15 is 0 Å². The molecule has 1 N–H and O–H groups in total. The average molecular weight is 273 g/mol. The lowest BCUT2D eigenvalue weighted by Crippen LogP contribution is -2.27. The normalized spacial score (nSPS) is 27.6. The van der Waals surface area contributed by atoms with Gasteiger partial charge >= 0.3 is 0 Å². The molecule has 2 aliphatic carbocycles. The summed E-state index contributed by atoms with van der Waals surface area (Å²) in [5.41, 5.74) is 1.04. The molecule has 3 heteroatoms. The first kappa shape index (κ1) is 13.5. The summed E-state index contributed by atoms with van der Waals surface area (Å²) in [6.45, 7) is 0.559. The maximum absolute atomic E-state index is 12.1. The smallest absolute Gasteiger partial charge is 0.220 e. The predicted octanol–water partition coefficient (Wildman–Crippen LogP) is 3.14. The Balaban J connectivity index is 1.50. The molecule has 2 bridgehead atoms. The number of nitrogens with one attached hydrogen (secondary N) is 1. The van der Waals surface area contributed by atoms with Crippen molar-refractivity contribution < 1.29 is 9.53 Å². The van der Waals surface area contributed by atoms with Gasteiger partial charge in [-0.15, -0.1) is 0 Å². The molecule has 108 valence electrons. The molecule has 3 rings (SSSR count).